The quantitative estimate of drug-likeness (QED) is 0.653. The Kier molecular flexibility index (Phi) is 3.44. The Balaban J connectivity index is 2.41. The molecule has 0 unspecified atom stereocenters. The monoisotopic (exact) mass is 332 g/mol. The lowest BCUT2D eigenvalue weighted by Crippen LogP contribution is -2.52. The molecule has 1 aromatic carbocycles. The number of carboxylic acids is 1. The van der Waals surface area contributed by atoms with E-state index in [1.54, 1.807) is 0 Å². The van der Waals surface area contributed by atoms with Gasteiger partial charge in [-0.2, -0.15) is 0 Å². The normalized spacial score (nSPS) is 16.5. The molecule has 0 aromatic heterocycles. The number of nitro benzene ring substituents is 1. The molecular formula is C11H10BrFN2O4. The molecule has 1 aliphatic rings. The summed E-state index contributed by atoms with van der Waals surface area (Å²) in [6, 6.07) is 1.96. The van der Waals surface area contributed by atoms with Crippen LogP contribution in [0.3, 0.4) is 0 Å². The molecule has 2 N–H and O–H groups in total. The van der Waals surface area contributed by atoms with Gasteiger partial charge in [-0.3, -0.25) is 10.1 Å². The molecule has 0 radical (unpaired) electrons. The molecule has 0 bridgehead atoms. The number of nitrogens with zero attached hydrogens (tertiary/aromatic N) is 1. The van der Waals surface area contributed by atoms with E-state index >= 15 is 0 Å². The summed E-state index contributed by atoms with van der Waals surface area (Å²) in [6.07, 6.45) is 1.43. The zero-order valence-electron chi connectivity index (χ0n) is 9.65. The first-order valence-corrected chi connectivity index (χ1v) is 6.30. The molecule has 1 aliphatic carbocycles. The summed E-state index contributed by atoms with van der Waals surface area (Å²) in [7, 11) is 0. The van der Waals surface area contributed by atoms with Crippen molar-refractivity contribution in [1.82, 2.24) is 0 Å². The highest BCUT2D eigenvalue weighted by atomic mass is 79.9. The van der Waals surface area contributed by atoms with Crippen molar-refractivity contribution in [3.05, 3.63) is 32.5 Å². The van der Waals surface area contributed by atoms with Crippen molar-refractivity contribution in [3.63, 3.8) is 0 Å². The number of benzene rings is 1. The largest absolute Gasteiger partial charge is 0.480 e. The molecule has 0 atom stereocenters. The average Bonchev–Trinajstić information content (AvgIpc) is 2.26. The summed E-state index contributed by atoms with van der Waals surface area (Å²) in [4.78, 5) is 21.4. The molecule has 1 fully saturated rings. The maximum atomic E-state index is 13.5. The first-order chi connectivity index (χ1) is 8.85. The fraction of sp³-hybridized carbons (Fsp3) is 0.364. The lowest BCUT2D eigenvalue weighted by atomic mass is 9.76. The van der Waals surface area contributed by atoms with E-state index in [0.717, 1.165) is 12.1 Å². The summed E-state index contributed by atoms with van der Waals surface area (Å²) in [6.45, 7) is 0. The second-order valence-electron chi connectivity index (χ2n) is 4.41. The summed E-state index contributed by atoms with van der Waals surface area (Å²) in [5.41, 5.74) is -1.71. The Hall–Kier alpha value is -1.70. The first-order valence-electron chi connectivity index (χ1n) is 5.51. The topological polar surface area (TPSA) is 92.5 Å². The van der Waals surface area contributed by atoms with Crippen molar-refractivity contribution in [2.24, 2.45) is 0 Å². The fourth-order valence-corrected chi connectivity index (χ4v) is 2.30. The van der Waals surface area contributed by atoms with E-state index in [4.69, 9.17) is 5.11 Å². The van der Waals surface area contributed by atoms with Gasteiger partial charge in [-0.25, -0.2) is 9.18 Å². The Morgan fingerprint density at radius 1 is 1.53 bits per heavy atom. The maximum absolute atomic E-state index is 13.5. The molecule has 2 rings (SSSR count). The van der Waals surface area contributed by atoms with E-state index in [9.17, 15) is 19.3 Å². The molecule has 19 heavy (non-hydrogen) atoms. The molecule has 0 saturated heterocycles. The lowest BCUT2D eigenvalue weighted by Gasteiger charge is -2.38. The van der Waals surface area contributed by atoms with Crippen LogP contribution in [-0.4, -0.2) is 21.5 Å². The van der Waals surface area contributed by atoms with Gasteiger partial charge >= 0.3 is 5.97 Å². The van der Waals surface area contributed by atoms with Gasteiger partial charge in [0.05, 0.1) is 9.40 Å². The molecule has 6 nitrogen and oxygen atoms in total. The SMILES string of the molecule is O=C(O)C1(Nc2cc(F)c(Br)cc2[N+](=O)[O-])CCC1. The molecule has 102 valence electrons. The minimum Gasteiger partial charge on any atom is -0.480 e. The highest BCUT2D eigenvalue weighted by Crippen LogP contribution is 2.39. The number of carbonyl (C=O) groups is 1. The van der Waals surface area contributed by atoms with Crippen LogP contribution in [0.25, 0.3) is 0 Å². The van der Waals surface area contributed by atoms with Gasteiger partial charge in [-0.15, -0.1) is 0 Å². The van der Waals surface area contributed by atoms with E-state index in [0.29, 0.717) is 19.3 Å². The van der Waals surface area contributed by atoms with Crippen LogP contribution in [-0.2, 0) is 4.79 Å². The lowest BCUT2D eigenvalue weighted by molar-refractivity contribution is -0.384. The van der Waals surface area contributed by atoms with Gasteiger partial charge in [0.2, 0.25) is 0 Å². The molecule has 8 heteroatoms. The van der Waals surface area contributed by atoms with Gasteiger partial charge in [-0.05, 0) is 35.2 Å². The number of halogens is 2. The summed E-state index contributed by atoms with van der Waals surface area (Å²) in [5.74, 6) is -1.77. The predicted molar refractivity (Wildman–Crippen MR) is 68.6 cm³/mol. The highest BCUT2D eigenvalue weighted by molar-refractivity contribution is 9.10. The number of nitrogens with one attached hydrogen (secondary N) is 1. The van der Waals surface area contributed by atoms with Crippen molar-refractivity contribution in [2.75, 3.05) is 5.32 Å². The molecule has 0 amide bonds. The minimum absolute atomic E-state index is 0.0391. The molecule has 1 saturated carbocycles. The molecule has 0 aliphatic heterocycles. The third-order valence-electron chi connectivity index (χ3n) is 3.23. The van der Waals surface area contributed by atoms with Crippen molar-refractivity contribution >= 4 is 33.3 Å². The second kappa shape index (κ2) is 4.76. The highest BCUT2D eigenvalue weighted by Gasteiger charge is 2.45. The maximum Gasteiger partial charge on any atom is 0.329 e. The van der Waals surface area contributed by atoms with Crippen molar-refractivity contribution in [3.8, 4) is 0 Å². The average molecular weight is 333 g/mol. The Bertz CT molecular complexity index is 560. The van der Waals surface area contributed by atoms with Crippen LogP contribution in [0.4, 0.5) is 15.8 Å². The number of aliphatic carboxylic acids is 1. The zero-order valence-corrected chi connectivity index (χ0v) is 11.2. The van der Waals surface area contributed by atoms with Gasteiger partial charge in [0.15, 0.2) is 0 Å². The Labute approximate surface area is 115 Å². The Morgan fingerprint density at radius 2 is 2.16 bits per heavy atom. The number of hydrogen-bond donors (Lipinski definition) is 2. The molecule has 0 spiro atoms. The fourth-order valence-electron chi connectivity index (χ4n) is 1.97. The number of carboxylic acid groups (broad SMARTS) is 1. The van der Waals surface area contributed by atoms with Crippen LogP contribution in [0.2, 0.25) is 0 Å². The summed E-state index contributed by atoms with van der Waals surface area (Å²) < 4.78 is 13.4. The Morgan fingerprint density at radius 3 is 2.58 bits per heavy atom. The number of hydrogen-bond acceptors (Lipinski definition) is 4. The zero-order chi connectivity index (χ0) is 14.2. The number of anilines is 1. The number of nitro groups is 1. The molecule has 1 aromatic rings. The van der Waals surface area contributed by atoms with Crippen molar-refractivity contribution < 1.29 is 19.2 Å². The third-order valence-corrected chi connectivity index (χ3v) is 3.83. The second-order valence-corrected chi connectivity index (χ2v) is 5.26. The number of rotatable bonds is 4. The summed E-state index contributed by atoms with van der Waals surface area (Å²) >= 11 is 2.86. The van der Waals surface area contributed by atoms with Crippen LogP contribution in [0.1, 0.15) is 19.3 Å². The van der Waals surface area contributed by atoms with E-state index in [1.165, 1.54) is 0 Å². The van der Waals surface area contributed by atoms with Gasteiger partial charge in [0.1, 0.15) is 17.0 Å². The molecular weight excluding hydrogens is 323 g/mol. The van der Waals surface area contributed by atoms with Gasteiger partial charge in [0, 0.05) is 12.1 Å². The van der Waals surface area contributed by atoms with Crippen LogP contribution < -0.4 is 5.32 Å². The van der Waals surface area contributed by atoms with Gasteiger partial charge in [0.25, 0.3) is 5.69 Å². The van der Waals surface area contributed by atoms with E-state index in [-0.39, 0.29) is 15.8 Å². The van der Waals surface area contributed by atoms with E-state index in [2.05, 4.69) is 21.2 Å². The van der Waals surface area contributed by atoms with Gasteiger partial charge in [-0.1, -0.05) is 0 Å². The van der Waals surface area contributed by atoms with Crippen LogP contribution in [0, 0.1) is 15.9 Å². The summed E-state index contributed by atoms with van der Waals surface area (Å²) in [5, 5.41) is 22.7. The van der Waals surface area contributed by atoms with Crippen LogP contribution >= 0.6 is 15.9 Å². The van der Waals surface area contributed by atoms with Crippen LogP contribution in [0.5, 0.6) is 0 Å². The predicted octanol–water partition coefficient (Wildman–Crippen LogP) is 2.92. The van der Waals surface area contributed by atoms with E-state index in [1.807, 2.05) is 0 Å². The standard InChI is InChI=1S/C11H10BrFN2O4/c12-6-4-9(15(18)19)8(5-7(6)13)14-11(10(16)17)2-1-3-11/h4-5,14H,1-3H2,(H,16,17). The van der Waals surface area contributed by atoms with Crippen LogP contribution in [0.15, 0.2) is 16.6 Å². The first kappa shape index (κ1) is 13.7. The van der Waals surface area contributed by atoms with Crippen molar-refractivity contribution in [1.29, 1.82) is 0 Å². The minimum atomic E-state index is -1.23. The smallest absolute Gasteiger partial charge is 0.329 e. The molecule has 0 heterocycles. The van der Waals surface area contributed by atoms with Crippen molar-refractivity contribution in [2.45, 2.75) is 24.8 Å². The van der Waals surface area contributed by atoms with E-state index < -0.39 is 22.2 Å². The third kappa shape index (κ3) is 2.40. The van der Waals surface area contributed by atoms with Gasteiger partial charge < -0.3 is 10.4 Å².